The summed E-state index contributed by atoms with van der Waals surface area (Å²) in [5.41, 5.74) is 15.2. The van der Waals surface area contributed by atoms with E-state index in [4.69, 9.17) is 0 Å². The first-order valence-corrected chi connectivity index (χ1v) is 15.0. The van der Waals surface area contributed by atoms with Crippen LogP contribution < -0.4 is 24.8 Å². The van der Waals surface area contributed by atoms with Gasteiger partial charge in [-0.25, -0.2) is 0 Å². The average Bonchev–Trinajstić information content (AvgIpc) is 3.50. The second kappa shape index (κ2) is 11.5. The van der Waals surface area contributed by atoms with E-state index in [0.717, 1.165) is 0 Å². The van der Waals surface area contributed by atoms with Gasteiger partial charge in [0.15, 0.2) is 0 Å². The van der Waals surface area contributed by atoms with Gasteiger partial charge in [0.05, 0.1) is 0 Å². The standard InChI is InChI=1S/C37H48.2ClH.Zr/c1-34(2,3)25-12-14-28-30(21-25)31-22-26(35(4,5)6)13-15-29(31)33(28)37(8)19-16-24-20-27(23-32(24)37)36(7)17-10-9-11-18-36;;;/h12-15,21-23,33H,9-11,16-20H2,1-8H3;2*1H;/q;;;+2/p-2. The Hall–Kier alpha value is -0.617. The third kappa shape index (κ3) is 5.44. The van der Waals surface area contributed by atoms with Crippen molar-refractivity contribution in [1.82, 2.24) is 0 Å². The summed E-state index contributed by atoms with van der Waals surface area (Å²) in [5.74, 6) is 0.447. The maximum atomic E-state index is 2.72. The zero-order chi connectivity index (χ0) is 26.4. The predicted octanol–water partition coefficient (Wildman–Crippen LogP) is 4.80. The van der Waals surface area contributed by atoms with Crippen LogP contribution in [0.25, 0.3) is 11.1 Å². The van der Waals surface area contributed by atoms with Crippen molar-refractivity contribution < 1.29 is 51.0 Å². The van der Waals surface area contributed by atoms with Crippen molar-refractivity contribution in [2.24, 2.45) is 10.8 Å². The first-order valence-electron chi connectivity index (χ1n) is 15.0. The Morgan fingerprint density at radius 1 is 0.700 bits per heavy atom. The van der Waals surface area contributed by atoms with Crippen LogP contribution in [0.2, 0.25) is 0 Å². The Labute approximate surface area is 276 Å². The van der Waals surface area contributed by atoms with Crippen LogP contribution in [0.3, 0.4) is 0 Å². The third-order valence-electron chi connectivity index (χ3n) is 10.8. The maximum absolute atomic E-state index is 2.72. The van der Waals surface area contributed by atoms with Crippen molar-refractivity contribution in [2.45, 2.75) is 124 Å². The van der Waals surface area contributed by atoms with Gasteiger partial charge in [0, 0.05) is 11.3 Å². The van der Waals surface area contributed by atoms with Gasteiger partial charge < -0.3 is 24.8 Å². The van der Waals surface area contributed by atoms with Gasteiger partial charge in [-0.05, 0) is 87.3 Å². The Bertz CT molecular complexity index is 1260. The first-order chi connectivity index (χ1) is 17.3. The molecule has 1 fully saturated rings. The molecule has 0 amide bonds. The summed E-state index contributed by atoms with van der Waals surface area (Å²) in [7, 11) is 0. The fourth-order valence-electron chi connectivity index (χ4n) is 8.20. The van der Waals surface area contributed by atoms with Crippen LogP contribution in [0.4, 0.5) is 0 Å². The van der Waals surface area contributed by atoms with Gasteiger partial charge in [-0.3, -0.25) is 0 Å². The fraction of sp³-hybridized carbons (Fsp3) is 0.568. The van der Waals surface area contributed by atoms with E-state index < -0.39 is 0 Å². The molecule has 2 aromatic rings. The second-order valence-corrected chi connectivity index (χ2v) is 15.4. The number of hydrogen-bond acceptors (Lipinski definition) is 0. The van der Waals surface area contributed by atoms with Crippen LogP contribution in [0.1, 0.15) is 135 Å². The molecule has 4 aliphatic rings. The predicted molar refractivity (Wildman–Crippen MR) is 159 cm³/mol. The molecule has 214 valence electrons. The summed E-state index contributed by atoms with van der Waals surface area (Å²) in [6.45, 7) is 19.3. The zero-order valence-electron chi connectivity index (χ0n) is 26.0. The summed E-state index contributed by atoms with van der Waals surface area (Å²) in [6.07, 6.45) is 13.5. The molecule has 4 aliphatic carbocycles. The normalized spacial score (nSPS) is 23.4. The maximum Gasteiger partial charge on any atom is 2.00 e. The molecule has 0 nitrogen and oxygen atoms in total. The Morgan fingerprint density at radius 2 is 1.20 bits per heavy atom. The topological polar surface area (TPSA) is 0 Å². The second-order valence-electron chi connectivity index (χ2n) is 15.4. The molecule has 0 bridgehead atoms. The summed E-state index contributed by atoms with van der Waals surface area (Å²) in [4.78, 5) is 0. The van der Waals surface area contributed by atoms with Crippen LogP contribution in [-0.2, 0) is 37.0 Å². The van der Waals surface area contributed by atoms with E-state index in [9.17, 15) is 0 Å². The summed E-state index contributed by atoms with van der Waals surface area (Å²) >= 11 is 0. The third-order valence-corrected chi connectivity index (χ3v) is 10.8. The molecular formula is C37H48Cl2Zr. The summed E-state index contributed by atoms with van der Waals surface area (Å²) < 4.78 is 0. The number of rotatable bonds is 2. The number of hydrogen-bond donors (Lipinski definition) is 0. The van der Waals surface area contributed by atoms with E-state index in [1.165, 1.54) is 73.6 Å². The van der Waals surface area contributed by atoms with E-state index >= 15 is 0 Å². The van der Waals surface area contributed by atoms with Crippen LogP contribution in [0, 0.1) is 10.8 Å². The Kier molecular flexibility index (Phi) is 9.72. The zero-order valence-corrected chi connectivity index (χ0v) is 30.0. The molecule has 40 heavy (non-hydrogen) atoms. The van der Waals surface area contributed by atoms with Gasteiger partial charge in [-0.2, -0.15) is 0 Å². The minimum absolute atomic E-state index is 0. The van der Waals surface area contributed by atoms with Crippen molar-refractivity contribution in [3.63, 3.8) is 0 Å². The van der Waals surface area contributed by atoms with Gasteiger partial charge in [0.25, 0.3) is 0 Å². The number of halogens is 2. The molecule has 0 heterocycles. The SMILES string of the molecule is CC1(C2=CC3=C(CCC3(C)C3c4ccc(C(C)(C)C)cc4-c4cc(C(C)(C)C)ccc43)C2)CCCCC1.[Cl-].[Cl-].[Zr+2]. The van der Waals surface area contributed by atoms with Crippen LogP contribution in [-0.4, -0.2) is 0 Å². The van der Waals surface area contributed by atoms with Crippen LogP contribution >= 0.6 is 0 Å². The summed E-state index contributed by atoms with van der Waals surface area (Å²) in [6, 6.07) is 14.9. The number of fused-ring (bicyclic) bond motifs is 3. The van der Waals surface area contributed by atoms with Crippen molar-refractivity contribution in [2.75, 3.05) is 0 Å². The molecule has 6 rings (SSSR count). The average molecular weight is 655 g/mol. The fourth-order valence-corrected chi connectivity index (χ4v) is 8.20. The van der Waals surface area contributed by atoms with Crippen LogP contribution in [0.15, 0.2) is 59.2 Å². The van der Waals surface area contributed by atoms with E-state index in [0.29, 0.717) is 11.3 Å². The van der Waals surface area contributed by atoms with Gasteiger partial charge in [-0.1, -0.05) is 128 Å². The van der Waals surface area contributed by atoms with Gasteiger partial charge in [0.2, 0.25) is 0 Å². The molecule has 0 radical (unpaired) electrons. The summed E-state index contributed by atoms with van der Waals surface area (Å²) in [5, 5.41) is 0. The van der Waals surface area contributed by atoms with Gasteiger partial charge >= 0.3 is 26.2 Å². The molecule has 0 aromatic heterocycles. The molecule has 2 aromatic carbocycles. The monoisotopic (exact) mass is 652 g/mol. The molecule has 1 unspecified atom stereocenters. The first kappa shape index (κ1) is 33.9. The smallest absolute Gasteiger partial charge is 1.00 e. The van der Waals surface area contributed by atoms with Crippen LogP contribution in [0.5, 0.6) is 0 Å². The Morgan fingerprint density at radius 3 is 1.68 bits per heavy atom. The number of benzene rings is 2. The van der Waals surface area contributed by atoms with Crippen molar-refractivity contribution in [3.8, 4) is 11.1 Å². The number of allylic oxidation sites excluding steroid dienone is 4. The van der Waals surface area contributed by atoms with Gasteiger partial charge in [0.1, 0.15) is 0 Å². The molecule has 3 heteroatoms. The minimum atomic E-state index is 0. The molecule has 0 aliphatic heterocycles. The van der Waals surface area contributed by atoms with Crippen molar-refractivity contribution >= 4 is 0 Å². The molecule has 0 spiro atoms. The van der Waals surface area contributed by atoms with E-state index in [-0.39, 0.29) is 67.3 Å². The molecule has 1 atom stereocenters. The van der Waals surface area contributed by atoms with Gasteiger partial charge in [-0.15, -0.1) is 0 Å². The van der Waals surface area contributed by atoms with Crippen molar-refractivity contribution in [3.05, 3.63) is 81.4 Å². The Balaban J connectivity index is 0.00000147. The van der Waals surface area contributed by atoms with E-state index in [1.807, 2.05) is 0 Å². The minimum Gasteiger partial charge on any atom is -1.00 e. The molecule has 0 N–H and O–H groups in total. The van der Waals surface area contributed by atoms with E-state index in [2.05, 4.69) is 97.9 Å². The molecule has 0 saturated heterocycles. The largest absolute Gasteiger partial charge is 2.00 e. The molecule has 1 saturated carbocycles. The van der Waals surface area contributed by atoms with E-state index in [1.54, 1.807) is 27.8 Å². The molecular weight excluding hydrogens is 607 g/mol. The quantitative estimate of drug-likeness (QED) is 0.437. The van der Waals surface area contributed by atoms with Crippen molar-refractivity contribution in [1.29, 1.82) is 0 Å².